The number of hydrogen-bond donors (Lipinski definition) is 0. The molecule has 0 N–H and O–H groups in total. The molecule has 1 aromatic heterocycles. The molecule has 0 fully saturated rings. The van der Waals surface area contributed by atoms with E-state index in [-0.39, 0.29) is 28.2 Å². The molecule has 19 heavy (non-hydrogen) atoms. The molecule has 1 atom stereocenters. The molecule has 96 valence electrons. The van der Waals surface area contributed by atoms with Gasteiger partial charge in [0.15, 0.2) is 5.75 Å². The topological polar surface area (TPSA) is 55.0 Å². The number of rotatable bonds is 0. The maximum atomic E-state index is 13.8. The van der Waals surface area contributed by atoms with Gasteiger partial charge in [0.25, 0.3) is 5.56 Å². The SMILES string of the molecule is CC1COc2c(Br)c(F)cc3cc(C#N)c(=O)n1c23. The number of ether oxygens (including phenoxy) is 1. The largest absolute Gasteiger partial charge is 0.488 e. The Bertz CT molecular complexity index is 807. The average molecular weight is 323 g/mol. The fourth-order valence-electron chi connectivity index (χ4n) is 2.33. The first-order valence-corrected chi connectivity index (χ1v) is 6.44. The molecule has 0 amide bonds. The summed E-state index contributed by atoms with van der Waals surface area (Å²) in [6, 6.07) is 4.34. The molecule has 0 bridgehead atoms. The van der Waals surface area contributed by atoms with Gasteiger partial charge in [0.1, 0.15) is 24.1 Å². The van der Waals surface area contributed by atoms with Gasteiger partial charge in [0.2, 0.25) is 0 Å². The highest BCUT2D eigenvalue weighted by Crippen LogP contribution is 2.39. The van der Waals surface area contributed by atoms with Crippen LogP contribution in [0.25, 0.3) is 10.9 Å². The smallest absolute Gasteiger partial charge is 0.269 e. The third-order valence-corrected chi connectivity index (χ3v) is 3.94. The molecule has 1 aliphatic heterocycles. The van der Waals surface area contributed by atoms with Crippen molar-refractivity contribution < 1.29 is 9.13 Å². The third kappa shape index (κ3) is 1.58. The second kappa shape index (κ2) is 4.07. The first kappa shape index (κ1) is 12.2. The number of aromatic nitrogens is 1. The summed E-state index contributed by atoms with van der Waals surface area (Å²) in [7, 11) is 0. The van der Waals surface area contributed by atoms with Crippen molar-refractivity contribution in [1.29, 1.82) is 5.26 Å². The zero-order chi connectivity index (χ0) is 13.7. The van der Waals surface area contributed by atoms with Gasteiger partial charge in [-0.05, 0) is 35.0 Å². The predicted octanol–water partition coefficient (Wildman–Crippen LogP) is 2.73. The summed E-state index contributed by atoms with van der Waals surface area (Å²) in [6.45, 7) is 2.08. The first-order chi connectivity index (χ1) is 9.04. The summed E-state index contributed by atoms with van der Waals surface area (Å²) >= 11 is 3.13. The van der Waals surface area contributed by atoms with E-state index in [9.17, 15) is 9.18 Å². The van der Waals surface area contributed by atoms with E-state index in [1.54, 1.807) is 0 Å². The van der Waals surface area contributed by atoms with Crippen LogP contribution in [-0.2, 0) is 0 Å². The molecule has 0 saturated heterocycles. The fourth-order valence-corrected chi connectivity index (χ4v) is 2.75. The third-order valence-electron chi connectivity index (χ3n) is 3.20. The average Bonchev–Trinajstić information content (AvgIpc) is 2.39. The summed E-state index contributed by atoms with van der Waals surface area (Å²) in [4.78, 5) is 12.2. The van der Waals surface area contributed by atoms with Gasteiger partial charge in [-0.3, -0.25) is 9.36 Å². The monoisotopic (exact) mass is 322 g/mol. The van der Waals surface area contributed by atoms with Gasteiger partial charge in [-0.1, -0.05) is 0 Å². The van der Waals surface area contributed by atoms with E-state index in [1.165, 1.54) is 16.7 Å². The van der Waals surface area contributed by atoms with E-state index in [4.69, 9.17) is 10.00 Å². The molecule has 0 radical (unpaired) electrons. The van der Waals surface area contributed by atoms with Gasteiger partial charge in [-0.25, -0.2) is 4.39 Å². The number of halogens is 2. The second-order valence-corrected chi connectivity index (χ2v) is 5.24. The molecule has 0 saturated carbocycles. The van der Waals surface area contributed by atoms with Gasteiger partial charge in [0, 0.05) is 5.39 Å². The van der Waals surface area contributed by atoms with Gasteiger partial charge < -0.3 is 4.74 Å². The van der Waals surface area contributed by atoms with E-state index in [2.05, 4.69) is 15.9 Å². The van der Waals surface area contributed by atoms with Crippen LogP contribution in [0.5, 0.6) is 5.75 Å². The molecule has 2 heterocycles. The van der Waals surface area contributed by atoms with Crippen molar-refractivity contribution in [2.24, 2.45) is 0 Å². The quantitative estimate of drug-likeness (QED) is 0.749. The van der Waals surface area contributed by atoms with Crippen molar-refractivity contribution in [1.82, 2.24) is 4.57 Å². The minimum atomic E-state index is -0.480. The van der Waals surface area contributed by atoms with E-state index in [0.717, 1.165) is 0 Å². The van der Waals surface area contributed by atoms with Crippen molar-refractivity contribution in [2.45, 2.75) is 13.0 Å². The zero-order valence-electron chi connectivity index (χ0n) is 9.91. The van der Waals surface area contributed by atoms with E-state index >= 15 is 0 Å². The van der Waals surface area contributed by atoms with Crippen molar-refractivity contribution in [3.8, 4) is 11.8 Å². The van der Waals surface area contributed by atoms with Crippen LogP contribution < -0.4 is 10.3 Å². The highest BCUT2D eigenvalue weighted by atomic mass is 79.9. The number of pyridine rings is 1. The second-order valence-electron chi connectivity index (χ2n) is 4.44. The molecule has 4 nitrogen and oxygen atoms in total. The van der Waals surface area contributed by atoms with Crippen LogP contribution in [0.2, 0.25) is 0 Å². The molecule has 1 aromatic carbocycles. The van der Waals surface area contributed by atoms with Gasteiger partial charge >= 0.3 is 0 Å². The van der Waals surface area contributed by atoms with Crippen LogP contribution >= 0.6 is 15.9 Å². The molecular formula is C13H8BrFN2O2. The van der Waals surface area contributed by atoms with Crippen LogP contribution in [0.4, 0.5) is 4.39 Å². The van der Waals surface area contributed by atoms with Crippen molar-refractivity contribution in [2.75, 3.05) is 6.61 Å². The number of nitriles is 1. The highest BCUT2D eigenvalue weighted by molar-refractivity contribution is 9.10. The summed E-state index contributed by atoms with van der Waals surface area (Å²) in [5, 5.41) is 9.48. The molecule has 1 unspecified atom stereocenters. The van der Waals surface area contributed by atoms with Crippen molar-refractivity contribution in [3.63, 3.8) is 0 Å². The number of nitrogens with zero attached hydrogens (tertiary/aromatic N) is 2. The lowest BCUT2D eigenvalue weighted by molar-refractivity contribution is 0.242. The van der Waals surface area contributed by atoms with Gasteiger partial charge in [-0.2, -0.15) is 5.26 Å². The van der Waals surface area contributed by atoms with E-state index in [1.807, 2.05) is 13.0 Å². The van der Waals surface area contributed by atoms with Gasteiger partial charge in [0.05, 0.1) is 16.0 Å². The maximum Gasteiger partial charge on any atom is 0.269 e. The molecular weight excluding hydrogens is 315 g/mol. The molecule has 0 spiro atoms. The molecule has 1 aliphatic rings. The molecule has 2 aromatic rings. The Kier molecular flexibility index (Phi) is 2.61. The minimum absolute atomic E-state index is 0.00826. The normalized spacial score (nSPS) is 17.1. The summed E-state index contributed by atoms with van der Waals surface area (Å²) in [5.74, 6) is -0.166. The molecule has 0 aliphatic carbocycles. The standard InChI is InChI=1S/C13H8BrFN2O2/c1-6-5-19-12-10(14)9(15)3-7-2-8(4-16)13(18)17(6)11(7)12/h2-3,6H,5H2,1H3. The summed E-state index contributed by atoms with van der Waals surface area (Å²) in [5.41, 5.74) is 0.163. The zero-order valence-corrected chi connectivity index (χ0v) is 11.5. The Morgan fingerprint density at radius 2 is 2.32 bits per heavy atom. The van der Waals surface area contributed by atoms with Crippen LogP contribution in [0.1, 0.15) is 18.5 Å². The van der Waals surface area contributed by atoms with E-state index < -0.39 is 5.82 Å². The summed E-state index contributed by atoms with van der Waals surface area (Å²) < 4.78 is 21.0. The molecule has 3 rings (SSSR count). The highest BCUT2D eigenvalue weighted by Gasteiger charge is 2.25. The Labute approximate surface area is 116 Å². The maximum absolute atomic E-state index is 13.8. The van der Waals surface area contributed by atoms with Crippen molar-refractivity contribution >= 4 is 26.8 Å². The predicted molar refractivity (Wildman–Crippen MR) is 70.8 cm³/mol. The molecule has 6 heteroatoms. The minimum Gasteiger partial charge on any atom is -0.488 e. The first-order valence-electron chi connectivity index (χ1n) is 5.64. The Morgan fingerprint density at radius 3 is 3.00 bits per heavy atom. The lowest BCUT2D eigenvalue weighted by Crippen LogP contribution is -2.32. The van der Waals surface area contributed by atoms with E-state index in [0.29, 0.717) is 16.7 Å². The van der Waals surface area contributed by atoms with Crippen LogP contribution in [0, 0.1) is 17.1 Å². The Balaban J connectivity index is 2.60. The number of hydrogen-bond acceptors (Lipinski definition) is 3. The number of benzene rings is 1. The van der Waals surface area contributed by atoms with Gasteiger partial charge in [-0.15, -0.1) is 0 Å². The van der Waals surface area contributed by atoms with Crippen LogP contribution in [-0.4, -0.2) is 11.2 Å². The van der Waals surface area contributed by atoms with Crippen molar-refractivity contribution in [3.05, 3.63) is 38.3 Å². The van der Waals surface area contributed by atoms with Crippen LogP contribution in [0.3, 0.4) is 0 Å². The lowest BCUT2D eigenvalue weighted by atomic mass is 10.1. The fraction of sp³-hybridized carbons (Fsp3) is 0.231. The lowest BCUT2D eigenvalue weighted by Gasteiger charge is -2.26. The Morgan fingerprint density at radius 1 is 1.58 bits per heavy atom. The van der Waals surface area contributed by atoms with Crippen LogP contribution in [0.15, 0.2) is 21.4 Å². The Hall–Kier alpha value is -1.87. The summed E-state index contributed by atoms with van der Waals surface area (Å²) in [6.07, 6.45) is 0.